The van der Waals surface area contributed by atoms with E-state index in [0.29, 0.717) is 10.4 Å². The molecule has 4 heterocycles. The number of nitro benzene ring substituents is 1. The quantitative estimate of drug-likeness (QED) is 0.182. The fraction of sp³-hybridized carbons (Fsp3) is 0.179. The second-order valence-electron chi connectivity index (χ2n) is 9.83. The number of hydrogen-bond acceptors (Lipinski definition) is 9. The highest BCUT2D eigenvalue weighted by atomic mass is 32.2. The van der Waals surface area contributed by atoms with Crippen molar-refractivity contribution in [3.63, 3.8) is 0 Å². The zero-order valence-corrected chi connectivity index (χ0v) is 23.7. The maximum absolute atomic E-state index is 13.8. The lowest BCUT2D eigenvalue weighted by Crippen LogP contribution is -2.33. The van der Waals surface area contributed by atoms with Gasteiger partial charge in [-0.05, 0) is 35.9 Å². The van der Waals surface area contributed by atoms with E-state index in [0.717, 1.165) is 44.7 Å². The van der Waals surface area contributed by atoms with E-state index in [1.165, 1.54) is 48.8 Å². The largest absolute Gasteiger partial charge is 0.418 e. The van der Waals surface area contributed by atoms with Gasteiger partial charge in [-0.2, -0.15) is 13.2 Å². The summed E-state index contributed by atoms with van der Waals surface area (Å²) in [5.74, 6) is -3.87. The van der Waals surface area contributed by atoms with Gasteiger partial charge in [0.25, 0.3) is 5.69 Å². The number of benzene rings is 2. The van der Waals surface area contributed by atoms with E-state index < -0.39 is 68.6 Å². The number of anilines is 2. The van der Waals surface area contributed by atoms with Crippen molar-refractivity contribution in [3.8, 4) is 0 Å². The Kier molecular flexibility index (Phi) is 7.33. The molecular weight excluding hydrogens is 623 g/mol. The molecule has 1 fully saturated rings. The van der Waals surface area contributed by atoms with Gasteiger partial charge in [-0.3, -0.25) is 38.8 Å². The van der Waals surface area contributed by atoms with E-state index in [1.54, 1.807) is 12.1 Å². The number of carbonyl (C=O) groups excluding carboxylic acids is 3. The third-order valence-electron chi connectivity index (χ3n) is 7.22. The molecule has 3 unspecified atom stereocenters. The zero-order chi connectivity index (χ0) is 31.3. The predicted molar refractivity (Wildman–Crippen MR) is 153 cm³/mol. The van der Waals surface area contributed by atoms with Crippen LogP contribution in [0.2, 0.25) is 0 Å². The van der Waals surface area contributed by atoms with Gasteiger partial charge < -0.3 is 5.32 Å². The van der Waals surface area contributed by atoms with E-state index >= 15 is 0 Å². The number of nitrogens with zero attached hydrogens (tertiary/aromatic N) is 4. The van der Waals surface area contributed by atoms with Crippen LogP contribution in [-0.2, 0) is 27.1 Å². The highest BCUT2D eigenvalue weighted by Gasteiger charge is 2.57. The van der Waals surface area contributed by atoms with Gasteiger partial charge in [-0.1, -0.05) is 41.3 Å². The zero-order valence-electron chi connectivity index (χ0n) is 22.1. The fourth-order valence-electron chi connectivity index (χ4n) is 5.32. The molecule has 2 aromatic carbocycles. The summed E-state index contributed by atoms with van der Waals surface area (Å²) in [6, 6.07) is 12.7. The molecule has 1 saturated heterocycles. The Hall–Kier alpha value is -4.83. The molecular formula is C28H18F3N5O6S2. The summed E-state index contributed by atoms with van der Waals surface area (Å²) in [7, 11) is 0. The van der Waals surface area contributed by atoms with Gasteiger partial charge in [-0.25, -0.2) is 4.90 Å². The molecule has 3 atom stereocenters. The summed E-state index contributed by atoms with van der Waals surface area (Å²) in [5, 5.41) is 12.5. The van der Waals surface area contributed by atoms with Gasteiger partial charge in [0.15, 0.2) is 0 Å². The highest BCUT2D eigenvalue weighted by Crippen LogP contribution is 2.53. The number of rotatable bonds is 6. The summed E-state index contributed by atoms with van der Waals surface area (Å²) in [4.78, 5) is 69.2. The number of alkyl halides is 3. The van der Waals surface area contributed by atoms with E-state index in [-0.39, 0.29) is 16.4 Å². The molecule has 1 N–H and O–H groups in total. The molecule has 16 heteroatoms. The molecule has 4 aromatic rings. The molecule has 44 heavy (non-hydrogen) atoms. The Morgan fingerprint density at radius 1 is 1.02 bits per heavy atom. The molecule has 2 aliphatic heterocycles. The summed E-state index contributed by atoms with van der Waals surface area (Å²) in [6.07, 6.45) is -1.71. The molecule has 6 rings (SSSR count). The van der Waals surface area contributed by atoms with E-state index in [2.05, 4.69) is 10.3 Å². The van der Waals surface area contributed by atoms with Crippen molar-refractivity contribution in [2.75, 3.05) is 10.2 Å². The van der Waals surface area contributed by atoms with Crippen LogP contribution in [0.1, 0.15) is 21.9 Å². The molecule has 2 aliphatic rings. The Morgan fingerprint density at radius 3 is 2.41 bits per heavy atom. The first-order valence-corrected chi connectivity index (χ1v) is 14.5. The standard InChI is InChI=1S/C28H18F3N5O6S2/c29-28(30,31)17-5-1-2-6-18(17)33-19(37)13-34-26-23(44-27(34)40)20(14-4-3-11-32-12-14)21-22(43-26)25(39)35(24(21)38)15-7-9-16(10-8-15)36(41)42/h1-12,20-22H,13H2,(H,33,37). The van der Waals surface area contributed by atoms with Crippen LogP contribution < -0.4 is 15.1 Å². The number of thiazole rings is 1. The number of non-ortho nitro benzene ring substituents is 1. The van der Waals surface area contributed by atoms with E-state index in [4.69, 9.17) is 0 Å². The lowest BCUT2D eigenvalue weighted by atomic mass is 9.84. The van der Waals surface area contributed by atoms with Gasteiger partial charge in [0.05, 0.1) is 32.8 Å². The van der Waals surface area contributed by atoms with Crippen LogP contribution in [0.5, 0.6) is 0 Å². The first kappa shape index (κ1) is 29.3. The van der Waals surface area contributed by atoms with Crippen LogP contribution in [0, 0.1) is 16.0 Å². The second-order valence-corrected chi connectivity index (χ2v) is 12.0. The number of fused-ring (bicyclic) bond motifs is 2. The summed E-state index contributed by atoms with van der Waals surface area (Å²) >= 11 is 1.69. The average molecular weight is 642 g/mol. The monoisotopic (exact) mass is 641 g/mol. The van der Waals surface area contributed by atoms with Crippen LogP contribution in [0.4, 0.5) is 30.2 Å². The molecule has 224 valence electrons. The lowest BCUT2D eigenvalue weighted by molar-refractivity contribution is -0.384. The van der Waals surface area contributed by atoms with Crippen LogP contribution in [0.25, 0.3) is 0 Å². The van der Waals surface area contributed by atoms with Crippen LogP contribution in [-0.4, -0.2) is 37.4 Å². The molecule has 11 nitrogen and oxygen atoms in total. The van der Waals surface area contributed by atoms with Crippen molar-refractivity contribution in [2.45, 2.75) is 28.9 Å². The normalized spacial score (nSPS) is 19.4. The minimum absolute atomic E-state index is 0.133. The van der Waals surface area contributed by atoms with Gasteiger partial charge in [0.2, 0.25) is 17.7 Å². The second kappa shape index (κ2) is 11.0. The number of imide groups is 1. The van der Waals surface area contributed by atoms with Crippen molar-refractivity contribution < 1.29 is 32.5 Å². The number of nitro groups is 1. The number of para-hydroxylation sites is 1. The molecule has 0 saturated carbocycles. The van der Waals surface area contributed by atoms with Gasteiger partial charge >= 0.3 is 11.0 Å². The minimum Gasteiger partial charge on any atom is -0.324 e. The van der Waals surface area contributed by atoms with Gasteiger partial charge in [0, 0.05) is 35.3 Å². The van der Waals surface area contributed by atoms with Crippen molar-refractivity contribution in [1.82, 2.24) is 9.55 Å². The number of halogens is 3. The van der Waals surface area contributed by atoms with Crippen LogP contribution in [0.15, 0.2) is 82.9 Å². The number of aromatic nitrogens is 2. The number of pyridine rings is 1. The maximum Gasteiger partial charge on any atom is 0.418 e. The molecule has 0 aliphatic carbocycles. The fourth-order valence-corrected chi connectivity index (χ4v) is 8.10. The number of amides is 3. The molecule has 0 radical (unpaired) electrons. The summed E-state index contributed by atoms with van der Waals surface area (Å²) < 4.78 is 41.5. The third kappa shape index (κ3) is 5.05. The number of nitrogens with one attached hydrogen (secondary N) is 1. The topological polar surface area (TPSA) is 145 Å². The van der Waals surface area contributed by atoms with E-state index in [1.807, 2.05) is 0 Å². The summed E-state index contributed by atoms with van der Waals surface area (Å²) in [6.45, 7) is -0.644. The van der Waals surface area contributed by atoms with E-state index in [9.17, 15) is 42.5 Å². The van der Waals surface area contributed by atoms with Crippen molar-refractivity contribution in [2.24, 2.45) is 5.92 Å². The lowest BCUT2D eigenvalue weighted by Gasteiger charge is -2.30. The smallest absolute Gasteiger partial charge is 0.324 e. The Morgan fingerprint density at radius 2 is 1.75 bits per heavy atom. The van der Waals surface area contributed by atoms with Gasteiger partial charge in [0.1, 0.15) is 11.8 Å². The Labute approximate surface area is 253 Å². The number of carbonyl (C=O) groups is 3. The van der Waals surface area contributed by atoms with Crippen molar-refractivity contribution >= 4 is 57.9 Å². The molecule has 0 spiro atoms. The van der Waals surface area contributed by atoms with Crippen molar-refractivity contribution in [1.29, 1.82) is 0 Å². The number of hydrogen-bond donors (Lipinski definition) is 1. The average Bonchev–Trinajstić information content (AvgIpc) is 3.43. The first-order valence-electron chi connectivity index (χ1n) is 12.8. The minimum atomic E-state index is -4.73. The SMILES string of the molecule is O=C(Cn1c2c(sc1=O)C(c1cccnc1)C1C(=O)N(c3ccc([N+](=O)[O-])cc3)C(=O)C1S2)Nc1ccccc1C(F)(F)F. The highest BCUT2D eigenvalue weighted by molar-refractivity contribution is 8.00. The van der Waals surface area contributed by atoms with Crippen molar-refractivity contribution in [3.05, 3.63) is 109 Å². The Balaban J connectivity index is 1.37. The first-order chi connectivity index (χ1) is 21.0. The maximum atomic E-state index is 13.8. The molecule has 3 amide bonds. The predicted octanol–water partition coefficient (Wildman–Crippen LogP) is 4.67. The number of thioether (sulfide) groups is 1. The molecule has 2 aromatic heterocycles. The van der Waals surface area contributed by atoms with Crippen LogP contribution >= 0.6 is 23.1 Å². The molecule has 0 bridgehead atoms. The van der Waals surface area contributed by atoms with Gasteiger partial charge in [-0.15, -0.1) is 0 Å². The van der Waals surface area contributed by atoms with Crippen LogP contribution in [0.3, 0.4) is 0 Å². The Bertz CT molecular complexity index is 1880. The third-order valence-corrected chi connectivity index (χ3v) is 9.82. The summed E-state index contributed by atoms with van der Waals surface area (Å²) in [5.41, 5.74) is -1.08.